The van der Waals surface area contributed by atoms with Crippen molar-refractivity contribution >= 4 is 21.7 Å². The Bertz CT molecular complexity index is 778. The first-order chi connectivity index (χ1) is 12.8. The van der Waals surface area contributed by atoms with Crippen LogP contribution >= 0.6 is 0 Å². The fraction of sp³-hybridized carbons (Fsp3) is 0.556. The SMILES string of the molecule is COc1ccc(CCCC(=O)NCC(=O)NC2CCS(=O)(=O)C2)cc1OC. The van der Waals surface area contributed by atoms with Crippen LogP contribution < -0.4 is 20.1 Å². The molecule has 1 atom stereocenters. The number of benzene rings is 1. The van der Waals surface area contributed by atoms with Crippen LogP contribution in [0.5, 0.6) is 11.5 Å². The Labute approximate surface area is 159 Å². The van der Waals surface area contributed by atoms with Gasteiger partial charge in [-0.15, -0.1) is 0 Å². The third-order valence-corrected chi connectivity index (χ3v) is 6.13. The number of nitrogens with one attached hydrogen (secondary N) is 2. The minimum atomic E-state index is -3.04. The summed E-state index contributed by atoms with van der Waals surface area (Å²) in [5, 5.41) is 5.20. The highest BCUT2D eigenvalue weighted by molar-refractivity contribution is 7.91. The Balaban J connectivity index is 1.67. The summed E-state index contributed by atoms with van der Waals surface area (Å²) in [6.45, 7) is -0.147. The Morgan fingerprint density at radius 1 is 1.15 bits per heavy atom. The van der Waals surface area contributed by atoms with E-state index in [1.165, 1.54) is 0 Å². The molecule has 2 N–H and O–H groups in total. The highest BCUT2D eigenvalue weighted by atomic mass is 32.2. The lowest BCUT2D eigenvalue weighted by atomic mass is 10.1. The van der Waals surface area contributed by atoms with Crippen molar-refractivity contribution in [2.24, 2.45) is 0 Å². The van der Waals surface area contributed by atoms with Gasteiger partial charge < -0.3 is 20.1 Å². The number of sulfone groups is 1. The lowest BCUT2D eigenvalue weighted by Crippen LogP contribution is -2.42. The fourth-order valence-electron chi connectivity index (χ4n) is 2.94. The van der Waals surface area contributed by atoms with Gasteiger partial charge in [0.05, 0.1) is 32.3 Å². The maximum Gasteiger partial charge on any atom is 0.239 e. The van der Waals surface area contributed by atoms with Crippen LogP contribution in [0.2, 0.25) is 0 Å². The summed E-state index contributed by atoms with van der Waals surface area (Å²) >= 11 is 0. The Morgan fingerprint density at radius 2 is 1.89 bits per heavy atom. The topological polar surface area (TPSA) is 111 Å². The molecule has 1 aromatic carbocycles. The zero-order chi connectivity index (χ0) is 19.9. The van der Waals surface area contributed by atoms with Crippen molar-refractivity contribution in [1.29, 1.82) is 0 Å². The molecule has 2 rings (SSSR count). The van der Waals surface area contributed by atoms with E-state index in [0.717, 1.165) is 5.56 Å². The average molecular weight is 398 g/mol. The summed E-state index contributed by atoms with van der Waals surface area (Å²) in [6.07, 6.45) is 2.04. The Morgan fingerprint density at radius 3 is 2.52 bits per heavy atom. The molecule has 1 saturated heterocycles. The van der Waals surface area contributed by atoms with Gasteiger partial charge in [-0.25, -0.2) is 8.42 Å². The standard InChI is InChI=1S/C18H26N2O6S/c1-25-15-7-6-13(10-16(15)26-2)4-3-5-17(21)19-11-18(22)20-14-8-9-27(23,24)12-14/h6-7,10,14H,3-5,8-9,11-12H2,1-2H3,(H,19,21)(H,20,22). The third kappa shape index (κ3) is 6.74. The lowest BCUT2D eigenvalue weighted by molar-refractivity contribution is -0.126. The number of hydrogen-bond acceptors (Lipinski definition) is 6. The smallest absolute Gasteiger partial charge is 0.239 e. The lowest BCUT2D eigenvalue weighted by Gasteiger charge is -2.11. The number of amides is 2. The summed E-state index contributed by atoms with van der Waals surface area (Å²) in [5.74, 6) is 0.776. The predicted octanol–water partition coefficient (Wildman–Crippen LogP) is 0.446. The third-order valence-electron chi connectivity index (χ3n) is 4.36. The molecule has 1 aliphatic heterocycles. The Hall–Kier alpha value is -2.29. The molecule has 0 radical (unpaired) electrons. The van der Waals surface area contributed by atoms with E-state index in [4.69, 9.17) is 9.47 Å². The number of ether oxygens (including phenoxy) is 2. The molecule has 2 amide bonds. The van der Waals surface area contributed by atoms with Crippen molar-refractivity contribution < 1.29 is 27.5 Å². The van der Waals surface area contributed by atoms with Crippen molar-refractivity contribution in [3.63, 3.8) is 0 Å². The van der Waals surface area contributed by atoms with Crippen molar-refractivity contribution in [2.75, 3.05) is 32.3 Å². The maximum absolute atomic E-state index is 11.9. The van der Waals surface area contributed by atoms with E-state index in [9.17, 15) is 18.0 Å². The summed E-state index contributed by atoms with van der Waals surface area (Å²) in [4.78, 5) is 23.7. The summed E-state index contributed by atoms with van der Waals surface area (Å²) in [6, 6.07) is 5.26. The molecule has 0 saturated carbocycles. The quantitative estimate of drug-likeness (QED) is 0.625. The number of methoxy groups -OCH3 is 2. The van der Waals surface area contributed by atoms with Gasteiger partial charge in [-0.3, -0.25) is 9.59 Å². The number of aryl methyl sites for hydroxylation is 1. The zero-order valence-corrected chi connectivity index (χ0v) is 16.4. The molecule has 8 nitrogen and oxygen atoms in total. The van der Waals surface area contributed by atoms with Crippen molar-refractivity contribution in [3.05, 3.63) is 23.8 Å². The molecule has 1 unspecified atom stereocenters. The van der Waals surface area contributed by atoms with E-state index in [1.807, 2.05) is 18.2 Å². The van der Waals surface area contributed by atoms with Crippen LogP contribution in [0, 0.1) is 0 Å². The first kappa shape index (κ1) is 21.0. The number of carbonyl (C=O) groups excluding carboxylic acids is 2. The molecule has 0 aliphatic carbocycles. The molecule has 0 aromatic heterocycles. The van der Waals surface area contributed by atoms with Crippen LogP contribution in [0.25, 0.3) is 0 Å². The normalized spacial score (nSPS) is 17.9. The molecule has 150 valence electrons. The van der Waals surface area contributed by atoms with E-state index in [1.54, 1.807) is 14.2 Å². The predicted molar refractivity (Wildman–Crippen MR) is 101 cm³/mol. The molecule has 1 fully saturated rings. The average Bonchev–Trinajstić information content (AvgIpc) is 2.98. The van der Waals surface area contributed by atoms with Crippen LogP contribution in [-0.4, -0.2) is 58.5 Å². The first-order valence-electron chi connectivity index (χ1n) is 8.80. The van der Waals surface area contributed by atoms with E-state index < -0.39 is 9.84 Å². The van der Waals surface area contributed by atoms with Gasteiger partial charge in [0, 0.05) is 12.5 Å². The van der Waals surface area contributed by atoms with E-state index in [-0.39, 0.29) is 35.9 Å². The van der Waals surface area contributed by atoms with Crippen LogP contribution in [-0.2, 0) is 25.8 Å². The largest absolute Gasteiger partial charge is 0.493 e. The van der Waals surface area contributed by atoms with Crippen LogP contribution in [0.3, 0.4) is 0 Å². The van der Waals surface area contributed by atoms with Crippen molar-refractivity contribution in [3.8, 4) is 11.5 Å². The molecule has 1 aliphatic rings. The minimum absolute atomic E-state index is 0.0298. The van der Waals surface area contributed by atoms with Gasteiger partial charge in [0.2, 0.25) is 11.8 Å². The second kappa shape index (κ2) is 9.59. The van der Waals surface area contributed by atoms with Crippen molar-refractivity contribution in [1.82, 2.24) is 10.6 Å². The summed E-state index contributed by atoms with van der Waals surface area (Å²) in [5.41, 5.74) is 1.03. The van der Waals surface area contributed by atoms with Crippen molar-refractivity contribution in [2.45, 2.75) is 31.7 Å². The van der Waals surface area contributed by atoms with Gasteiger partial charge in [0.15, 0.2) is 21.3 Å². The molecule has 0 spiro atoms. The first-order valence-corrected chi connectivity index (χ1v) is 10.6. The molecular formula is C18H26N2O6S. The monoisotopic (exact) mass is 398 g/mol. The van der Waals surface area contributed by atoms with Gasteiger partial charge >= 0.3 is 0 Å². The summed E-state index contributed by atoms with van der Waals surface area (Å²) < 4.78 is 33.2. The van der Waals surface area contributed by atoms with Gasteiger partial charge in [-0.1, -0.05) is 6.07 Å². The second-order valence-corrected chi connectivity index (χ2v) is 8.72. The zero-order valence-electron chi connectivity index (χ0n) is 15.6. The van der Waals surface area contributed by atoms with E-state index >= 15 is 0 Å². The highest BCUT2D eigenvalue weighted by Crippen LogP contribution is 2.28. The highest BCUT2D eigenvalue weighted by Gasteiger charge is 2.28. The van der Waals surface area contributed by atoms with Gasteiger partial charge in [0.25, 0.3) is 0 Å². The maximum atomic E-state index is 11.9. The molecule has 1 heterocycles. The number of rotatable bonds is 9. The molecular weight excluding hydrogens is 372 g/mol. The number of hydrogen-bond donors (Lipinski definition) is 2. The molecule has 0 bridgehead atoms. The molecule has 9 heteroatoms. The Kier molecular flexibility index (Phi) is 7.46. The van der Waals surface area contributed by atoms with Gasteiger partial charge in [-0.2, -0.15) is 0 Å². The van der Waals surface area contributed by atoms with Gasteiger partial charge in [0.1, 0.15) is 0 Å². The van der Waals surface area contributed by atoms with Crippen LogP contribution in [0.1, 0.15) is 24.8 Å². The minimum Gasteiger partial charge on any atom is -0.493 e. The van der Waals surface area contributed by atoms with Crippen LogP contribution in [0.4, 0.5) is 0 Å². The fourth-order valence-corrected chi connectivity index (χ4v) is 4.62. The van der Waals surface area contributed by atoms with E-state index in [0.29, 0.717) is 37.2 Å². The van der Waals surface area contributed by atoms with E-state index in [2.05, 4.69) is 10.6 Å². The summed E-state index contributed by atoms with van der Waals surface area (Å²) in [7, 11) is 0.104. The molecule has 27 heavy (non-hydrogen) atoms. The van der Waals surface area contributed by atoms with Gasteiger partial charge in [-0.05, 0) is 37.0 Å². The molecule has 1 aromatic rings. The second-order valence-electron chi connectivity index (χ2n) is 6.49. The van der Waals surface area contributed by atoms with Crippen LogP contribution in [0.15, 0.2) is 18.2 Å². The number of carbonyl (C=O) groups is 2.